The lowest BCUT2D eigenvalue weighted by Gasteiger charge is -2.22. The van der Waals surface area contributed by atoms with E-state index in [4.69, 9.17) is 4.74 Å². The second-order valence-electron chi connectivity index (χ2n) is 3.61. The molecule has 1 fully saturated rings. The Morgan fingerprint density at radius 1 is 1.62 bits per heavy atom. The number of carbonyl (C=O) groups is 1. The van der Waals surface area contributed by atoms with Gasteiger partial charge in [-0.1, -0.05) is 0 Å². The van der Waals surface area contributed by atoms with Crippen LogP contribution in [0.5, 0.6) is 0 Å². The highest BCUT2D eigenvalue weighted by Crippen LogP contribution is 2.19. The van der Waals surface area contributed by atoms with Gasteiger partial charge in [0.15, 0.2) is 0 Å². The number of ketones is 1. The van der Waals surface area contributed by atoms with Gasteiger partial charge >= 0.3 is 0 Å². The second kappa shape index (κ2) is 5.35. The zero-order valence-electron chi connectivity index (χ0n) is 8.58. The second-order valence-corrected chi connectivity index (χ2v) is 3.61. The van der Waals surface area contributed by atoms with Crippen LogP contribution in [-0.4, -0.2) is 43.5 Å². The highest BCUT2D eigenvalue weighted by atomic mass is 16.5. The van der Waals surface area contributed by atoms with Crippen LogP contribution in [0.25, 0.3) is 0 Å². The van der Waals surface area contributed by atoms with Gasteiger partial charge in [0.25, 0.3) is 0 Å². The van der Waals surface area contributed by atoms with Crippen LogP contribution in [0.3, 0.4) is 0 Å². The van der Waals surface area contributed by atoms with Crippen LogP contribution >= 0.6 is 0 Å². The highest BCUT2D eigenvalue weighted by molar-refractivity contribution is 5.81. The molecule has 0 saturated heterocycles. The van der Waals surface area contributed by atoms with Gasteiger partial charge in [-0.15, -0.1) is 0 Å². The molecule has 1 atom stereocenters. The number of carbonyl (C=O) groups excluding carboxylic acids is 1. The van der Waals surface area contributed by atoms with Crippen molar-refractivity contribution in [1.29, 1.82) is 0 Å². The maximum absolute atomic E-state index is 11.0. The molecule has 3 heteroatoms. The first-order chi connectivity index (χ1) is 6.24. The molecule has 0 aliphatic heterocycles. The Morgan fingerprint density at radius 3 is 2.92 bits per heavy atom. The van der Waals surface area contributed by atoms with Gasteiger partial charge in [-0.25, -0.2) is 0 Å². The molecule has 0 heterocycles. The summed E-state index contributed by atoms with van der Waals surface area (Å²) in [4.78, 5) is 13.3. The summed E-state index contributed by atoms with van der Waals surface area (Å²) in [6.45, 7) is 4.49. The molecular formula is C10H19NO2. The molecule has 1 rings (SSSR count). The van der Waals surface area contributed by atoms with E-state index >= 15 is 0 Å². The third-order valence-corrected chi connectivity index (χ3v) is 2.64. The summed E-state index contributed by atoms with van der Waals surface area (Å²) in [6.07, 6.45) is 2.54. The van der Waals surface area contributed by atoms with Crippen molar-refractivity contribution < 1.29 is 9.53 Å². The molecule has 76 valence electrons. The van der Waals surface area contributed by atoms with Crippen molar-refractivity contribution in [3.8, 4) is 0 Å². The predicted molar refractivity (Wildman–Crippen MR) is 51.8 cm³/mol. The van der Waals surface area contributed by atoms with Crippen molar-refractivity contribution >= 4 is 5.78 Å². The fraction of sp³-hybridized carbons (Fsp3) is 0.900. The van der Waals surface area contributed by atoms with Crippen molar-refractivity contribution in [2.45, 2.75) is 32.2 Å². The summed E-state index contributed by atoms with van der Waals surface area (Å²) in [5.41, 5.74) is 0. The largest absolute Gasteiger partial charge is 0.380 e. The fourth-order valence-electron chi connectivity index (χ4n) is 1.71. The van der Waals surface area contributed by atoms with Crippen LogP contribution in [0.4, 0.5) is 0 Å². The fourth-order valence-corrected chi connectivity index (χ4v) is 1.71. The van der Waals surface area contributed by atoms with Gasteiger partial charge in [0.05, 0.1) is 6.61 Å². The normalized spacial score (nSPS) is 23.0. The quantitative estimate of drug-likeness (QED) is 0.600. The molecule has 0 radical (unpaired) electrons. The van der Waals surface area contributed by atoms with Crippen molar-refractivity contribution in [2.24, 2.45) is 0 Å². The van der Waals surface area contributed by atoms with Gasteiger partial charge in [0.2, 0.25) is 0 Å². The minimum Gasteiger partial charge on any atom is -0.380 e. The Bertz CT molecular complexity index is 170. The van der Waals surface area contributed by atoms with Crippen LogP contribution in [0.1, 0.15) is 26.2 Å². The zero-order valence-corrected chi connectivity index (χ0v) is 8.58. The van der Waals surface area contributed by atoms with E-state index in [1.807, 2.05) is 6.92 Å². The monoisotopic (exact) mass is 185 g/mol. The molecule has 1 unspecified atom stereocenters. The average Bonchev–Trinajstić information content (AvgIpc) is 2.52. The molecule has 0 amide bonds. The maximum Gasteiger partial charge on any atom is 0.134 e. The van der Waals surface area contributed by atoms with Crippen molar-refractivity contribution in [1.82, 2.24) is 4.90 Å². The standard InChI is InChI=1S/C10H19NO2/c1-3-13-7-6-11(2)9-4-5-10(12)8-9/h9H,3-8H2,1-2H3. The Labute approximate surface area is 80.1 Å². The molecule has 1 saturated carbocycles. The summed E-state index contributed by atoms with van der Waals surface area (Å²) >= 11 is 0. The zero-order chi connectivity index (χ0) is 9.68. The molecular weight excluding hydrogens is 166 g/mol. The highest BCUT2D eigenvalue weighted by Gasteiger charge is 2.24. The molecule has 0 aromatic rings. The lowest BCUT2D eigenvalue weighted by atomic mass is 10.2. The maximum atomic E-state index is 11.0. The van der Waals surface area contributed by atoms with E-state index < -0.39 is 0 Å². The predicted octanol–water partition coefficient (Wildman–Crippen LogP) is 1.08. The average molecular weight is 185 g/mol. The SMILES string of the molecule is CCOCCN(C)C1CCC(=O)C1. The molecule has 0 bridgehead atoms. The molecule has 13 heavy (non-hydrogen) atoms. The van der Waals surface area contributed by atoms with Gasteiger partial charge in [-0.05, 0) is 20.4 Å². The summed E-state index contributed by atoms with van der Waals surface area (Å²) in [7, 11) is 2.07. The molecule has 0 N–H and O–H groups in total. The van der Waals surface area contributed by atoms with Gasteiger partial charge in [-0.2, -0.15) is 0 Å². The van der Waals surface area contributed by atoms with Crippen LogP contribution in [-0.2, 0) is 9.53 Å². The summed E-state index contributed by atoms with van der Waals surface area (Å²) in [6, 6.07) is 0.466. The number of ether oxygens (including phenoxy) is 1. The van der Waals surface area contributed by atoms with E-state index in [9.17, 15) is 4.79 Å². The first-order valence-electron chi connectivity index (χ1n) is 5.03. The van der Waals surface area contributed by atoms with E-state index in [1.165, 1.54) is 0 Å². The lowest BCUT2D eigenvalue weighted by molar-refractivity contribution is -0.117. The number of nitrogens with zero attached hydrogens (tertiary/aromatic N) is 1. The van der Waals surface area contributed by atoms with Crippen LogP contribution < -0.4 is 0 Å². The van der Waals surface area contributed by atoms with E-state index in [-0.39, 0.29) is 0 Å². The van der Waals surface area contributed by atoms with Gasteiger partial charge in [0.1, 0.15) is 5.78 Å². The van der Waals surface area contributed by atoms with E-state index in [1.54, 1.807) is 0 Å². The summed E-state index contributed by atoms with van der Waals surface area (Å²) in [5.74, 6) is 0.410. The summed E-state index contributed by atoms with van der Waals surface area (Å²) in [5, 5.41) is 0. The van der Waals surface area contributed by atoms with Crippen molar-refractivity contribution in [2.75, 3.05) is 26.8 Å². The molecule has 1 aliphatic carbocycles. The Morgan fingerprint density at radius 2 is 2.38 bits per heavy atom. The van der Waals surface area contributed by atoms with Crippen LogP contribution in [0.15, 0.2) is 0 Å². The first-order valence-corrected chi connectivity index (χ1v) is 5.03. The van der Waals surface area contributed by atoms with Crippen LogP contribution in [0, 0.1) is 0 Å². The van der Waals surface area contributed by atoms with Gasteiger partial charge in [-0.3, -0.25) is 4.79 Å². The summed E-state index contributed by atoms with van der Waals surface area (Å²) < 4.78 is 5.26. The van der Waals surface area contributed by atoms with E-state index in [0.717, 1.165) is 39.0 Å². The molecule has 0 aromatic heterocycles. The number of likely N-dealkylation sites (N-methyl/N-ethyl adjacent to an activating group) is 1. The smallest absolute Gasteiger partial charge is 0.134 e. The van der Waals surface area contributed by atoms with Crippen LogP contribution in [0.2, 0.25) is 0 Å². The first kappa shape index (κ1) is 10.7. The minimum atomic E-state index is 0.410. The Balaban J connectivity index is 2.15. The molecule has 0 spiro atoms. The van der Waals surface area contributed by atoms with E-state index in [0.29, 0.717) is 11.8 Å². The molecule has 0 aromatic carbocycles. The Hall–Kier alpha value is -0.410. The third-order valence-electron chi connectivity index (χ3n) is 2.64. The molecule has 1 aliphatic rings. The number of hydrogen-bond donors (Lipinski definition) is 0. The third kappa shape index (κ3) is 3.44. The van der Waals surface area contributed by atoms with Crippen molar-refractivity contribution in [3.05, 3.63) is 0 Å². The Kier molecular flexibility index (Phi) is 4.39. The number of hydrogen-bond acceptors (Lipinski definition) is 3. The minimum absolute atomic E-state index is 0.410. The number of Topliss-reactive ketones (excluding diaryl/α,β-unsaturated/α-hetero) is 1. The lowest BCUT2D eigenvalue weighted by Crippen LogP contribution is -2.32. The number of rotatable bonds is 5. The van der Waals surface area contributed by atoms with E-state index in [2.05, 4.69) is 11.9 Å². The van der Waals surface area contributed by atoms with Gasteiger partial charge in [0, 0.05) is 32.0 Å². The molecule has 3 nitrogen and oxygen atoms in total. The van der Waals surface area contributed by atoms with Gasteiger partial charge < -0.3 is 9.64 Å². The topological polar surface area (TPSA) is 29.5 Å². The van der Waals surface area contributed by atoms with Crippen molar-refractivity contribution in [3.63, 3.8) is 0 Å².